The number of rotatable bonds is 4. The molecule has 1 fully saturated rings. The number of nitrogens with one attached hydrogen (secondary N) is 1. The molecular formula is C19H15N3O6S. The standard InChI is InChI=1S/C19H15N3O6S/c1-10-3-5-12(6-4-10)21-18(25)13(17(24)20-19(21)29)7-11-8-14(22(26)27)16(23)15(9-11)28-2/h3-9,23H,1-2H3,(H,20,24,29). The Kier molecular flexibility index (Phi) is 5.29. The lowest BCUT2D eigenvalue weighted by Crippen LogP contribution is -2.54. The van der Waals surface area contributed by atoms with E-state index in [4.69, 9.17) is 17.0 Å². The third kappa shape index (κ3) is 3.78. The SMILES string of the molecule is COc1cc(C=C2C(=O)NC(=S)N(c3ccc(C)cc3)C2=O)cc([N+](=O)[O-])c1O. The summed E-state index contributed by atoms with van der Waals surface area (Å²) in [5.74, 6) is -2.24. The number of aromatic hydroxyl groups is 1. The first-order valence-electron chi connectivity index (χ1n) is 8.26. The summed E-state index contributed by atoms with van der Waals surface area (Å²) < 4.78 is 4.94. The zero-order valence-electron chi connectivity index (χ0n) is 15.3. The predicted octanol–water partition coefficient (Wildman–Crippen LogP) is 2.45. The van der Waals surface area contributed by atoms with Gasteiger partial charge in [-0.05, 0) is 49.0 Å². The molecule has 1 heterocycles. The summed E-state index contributed by atoms with van der Waals surface area (Å²) in [6.45, 7) is 1.89. The summed E-state index contributed by atoms with van der Waals surface area (Å²) in [6, 6.07) is 9.26. The average Bonchev–Trinajstić information content (AvgIpc) is 2.67. The summed E-state index contributed by atoms with van der Waals surface area (Å²) in [5.41, 5.74) is 0.673. The van der Waals surface area contributed by atoms with E-state index in [1.807, 2.05) is 6.92 Å². The highest BCUT2D eigenvalue weighted by Gasteiger charge is 2.34. The number of phenols is 1. The van der Waals surface area contributed by atoms with Crippen molar-refractivity contribution in [2.24, 2.45) is 0 Å². The monoisotopic (exact) mass is 413 g/mol. The first kappa shape index (κ1) is 20.0. The molecular weight excluding hydrogens is 398 g/mol. The number of hydrogen-bond donors (Lipinski definition) is 2. The third-order valence-corrected chi connectivity index (χ3v) is 4.48. The molecule has 3 rings (SSSR count). The Balaban J connectivity index is 2.08. The Morgan fingerprint density at radius 2 is 1.90 bits per heavy atom. The van der Waals surface area contributed by atoms with Gasteiger partial charge < -0.3 is 9.84 Å². The lowest BCUT2D eigenvalue weighted by Gasteiger charge is -2.29. The molecule has 1 aliphatic heterocycles. The van der Waals surface area contributed by atoms with Gasteiger partial charge in [-0.15, -0.1) is 0 Å². The molecule has 1 saturated heterocycles. The van der Waals surface area contributed by atoms with E-state index in [-0.39, 0.29) is 22.0 Å². The average molecular weight is 413 g/mol. The molecule has 1 aliphatic rings. The van der Waals surface area contributed by atoms with Crippen LogP contribution in [0, 0.1) is 17.0 Å². The zero-order valence-corrected chi connectivity index (χ0v) is 16.1. The summed E-state index contributed by atoms with van der Waals surface area (Å²) in [7, 11) is 1.23. The van der Waals surface area contributed by atoms with Crippen LogP contribution >= 0.6 is 12.2 Å². The molecule has 2 aromatic carbocycles. The second kappa shape index (κ2) is 7.68. The number of benzene rings is 2. The number of ether oxygens (including phenoxy) is 1. The smallest absolute Gasteiger partial charge is 0.315 e. The number of anilines is 1. The first-order chi connectivity index (χ1) is 13.7. The summed E-state index contributed by atoms with van der Waals surface area (Å²) in [5, 5.41) is 23.4. The van der Waals surface area contributed by atoms with Crippen LogP contribution < -0.4 is 15.0 Å². The van der Waals surface area contributed by atoms with Crippen molar-refractivity contribution in [3.05, 3.63) is 63.2 Å². The Morgan fingerprint density at radius 1 is 1.24 bits per heavy atom. The molecule has 0 unspecified atom stereocenters. The lowest BCUT2D eigenvalue weighted by molar-refractivity contribution is -0.386. The fraction of sp³-hybridized carbons (Fsp3) is 0.105. The van der Waals surface area contributed by atoms with Crippen molar-refractivity contribution in [2.45, 2.75) is 6.92 Å². The van der Waals surface area contributed by atoms with Crippen molar-refractivity contribution in [1.29, 1.82) is 0 Å². The molecule has 2 aromatic rings. The molecule has 0 radical (unpaired) electrons. The highest BCUT2D eigenvalue weighted by atomic mass is 32.1. The van der Waals surface area contributed by atoms with E-state index in [1.165, 1.54) is 19.3 Å². The first-order valence-corrected chi connectivity index (χ1v) is 8.67. The van der Waals surface area contributed by atoms with Gasteiger partial charge in [0.1, 0.15) is 5.57 Å². The van der Waals surface area contributed by atoms with E-state index < -0.39 is 28.2 Å². The Morgan fingerprint density at radius 3 is 2.48 bits per heavy atom. The molecule has 9 nitrogen and oxygen atoms in total. The molecule has 0 saturated carbocycles. The number of hydrogen-bond acceptors (Lipinski definition) is 7. The van der Waals surface area contributed by atoms with E-state index in [9.17, 15) is 24.8 Å². The van der Waals surface area contributed by atoms with Crippen LogP contribution in [0.15, 0.2) is 42.0 Å². The Hall–Kier alpha value is -3.79. The molecule has 29 heavy (non-hydrogen) atoms. The highest BCUT2D eigenvalue weighted by Crippen LogP contribution is 2.37. The van der Waals surface area contributed by atoms with Gasteiger partial charge in [-0.1, -0.05) is 17.7 Å². The second-order valence-electron chi connectivity index (χ2n) is 6.14. The van der Waals surface area contributed by atoms with E-state index in [0.29, 0.717) is 5.69 Å². The molecule has 0 atom stereocenters. The van der Waals surface area contributed by atoms with Crippen LogP contribution in [-0.4, -0.2) is 34.1 Å². The van der Waals surface area contributed by atoms with Crippen molar-refractivity contribution in [3.63, 3.8) is 0 Å². The van der Waals surface area contributed by atoms with Crippen molar-refractivity contribution >= 4 is 46.6 Å². The topological polar surface area (TPSA) is 122 Å². The van der Waals surface area contributed by atoms with E-state index in [2.05, 4.69) is 5.32 Å². The number of nitrogens with zero attached hydrogens (tertiary/aromatic N) is 2. The van der Waals surface area contributed by atoms with Gasteiger partial charge in [0.2, 0.25) is 5.75 Å². The number of aryl methyl sites for hydroxylation is 1. The van der Waals surface area contributed by atoms with E-state index in [0.717, 1.165) is 16.5 Å². The number of nitro benzene ring substituents is 1. The van der Waals surface area contributed by atoms with Crippen molar-refractivity contribution < 1.29 is 24.4 Å². The van der Waals surface area contributed by atoms with Gasteiger partial charge in [0.05, 0.1) is 17.7 Å². The molecule has 10 heteroatoms. The number of carbonyl (C=O) groups is 2. The lowest BCUT2D eigenvalue weighted by atomic mass is 10.1. The third-order valence-electron chi connectivity index (χ3n) is 4.20. The number of methoxy groups -OCH3 is 1. The molecule has 0 bridgehead atoms. The molecule has 0 aromatic heterocycles. The number of phenolic OH excluding ortho intramolecular Hbond substituents is 1. The largest absolute Gasteiger partial charge is 0.500 e. The predicted molar refractivity (Wildman–Crippen MR) is 109 cm³/mol. The summed E-state index contributed by atoms with van der Waals surface area (Å²) in [4.78, 5) is 36.9. The van der Waals surface area contributed by atoms with Crippen molar-refractivity contribution in [3.8, 4) is 11.5 Å². The minimum Gasteiger partial charge on any atom is -0.500 e. The maximum absolute atomic E-state index is 13.0. The van der Waals surface area contributed by atoms with Crippen LogP contribution in [0.1, 0.15) is 11.1 Å². The second-order valence-corrected chi connectivity index (χ2v) is 6.53. The Labute approximate surface area is 170 Å². The molecule has 2 N–H and O–H groups in total. The molecule has 0 aliphatic carbocycles. The van der Waals surface area contributed by atoms with Crippen LogP contribution in [0.5, 0.6) is 11.5 Å². The normalized spacial score (nSPS) is 15.4. The quantitative estimate of drug-likeness (QED) is 0.260. The maximum atomic E-state index is 13.0. The fourth-order valence-corrected chi connectivity index (χ4v) is 3.03. The van der Waals surface area contributed by atoms with Crippen LogP contribution in [0.4, 0.5) is 11.4 Å². The van der Waals surface area contributed by atoms with Gasteiger partial charge in [-0.3, -0.25) is 29.9 Å². The number of thiocarbonyl (C=S) groups is 1. The van der Waals surface area contributed by atoms with Gasteiger partial charge in [-0.25, -0.2) is 0 Å². The van der Waals surface area contributed by atoms with E-state index in [1.54, 1.807) is 24.3 Å². The van der Waals surface area contributed by atoms with Crippen LogP contribution in [0.2, 0.25) is 0 Å². The number of carbonyl (C=O) groups excluding carboxylic acids is 2. The molecule has 148 valence electrons. The summed E-state index contributed by atoms with van der Waals surface area (Å²) >= 11 is 5.13. The Bertz CT molecular complexity index is 1080. The summed E-state index contributed by atoms with van der Waals surface area (Å²) in [6.07, 6.45) is 1.18. The van der Waals surface area contributed by atoms with Crippen LogP contribution in [0.3, 0.4) is 0 Å². The van der Waals surface area contributed by atoms with Gasteiger partial charge in [0.25, 0.3) is 11.8 Å². The molecule has 0 spiro atoms. The van der Waals surface area contributed by atoms with Gasteiger partial charge in [0.15, 0.2) is 10.9 Å². The minimum atomic E-state index is -0.795. The van der Waals surface area contributed by atoms with E-state index >= 15 is 0 Å². The van der Waals surface area contributed by atoms with Crippen molar-refractivity contribution in [2.75, 3.05) is 12.0 Å². The molecule has 2 amide bonds. The minimum absolute atomic E-state index is 0.0738. The highest BCUT2D eigenvalue weighted by molar-refractivity contribution is 7.80. The van der Waals surface area contributed by atoms with Gasteiger partial charge in [-0.2, -0.15) is 0 Å². The number of nitro groups is 1. The van der Waals surface area contributed by atoms with Gasteiger partial charge in [0, 0.05) is 6.07 Å². The zero-order chi connectivity index (χ0) is 21.3. The van der Waals surface area contributed by atoms with Crippen LogP contribution in [-0.2, 0) is 9.59 Å². The maximum Gasteiger partial charge on any atom is 0.315 e. The fourth-order valence-electron chi connectivity index (χ4n) is 2.74. The number of amides is 2. The van der Waals surface area contributed by atoms with Gasteiger partial charge >= 0.3 is 5.69 Å². The van der Waals surface area contributed by atoms with Crippen molar-refractivity contribution in [1.82, 2.24) is 5.32 Å². The van der Waals surface area contributed by atoms with Crippen LogP contribution in [0.25, 0.3) is 6.08 Å².